The molecule has 56 heavy (non-hydrogen) atoms. The smallest absolute Gasteiger partial charge is 0.160 e. The van der Waals surface area contributed by atoms with Gasteiger partial charge in [0.2, 0.25) is 0 Å². The monoisotopic (exact) mass is 748 g/mol. The van der Waals surface area contributed by atoms with E-state index < -0.39 is 0 Å². The van der Waals surface area contributed by atoms with Crippen molar-refractivity contribution in [1.29, 1.82) is 0 Å². The maximum Gasteiger partial charge on any atom is 0.160 e. The summed E-state index contributed by atoms with van der Waals surface area (Å²) in [4.78, 5) is 10.5. The summed E-state index contributed by atoms with van der Waals surface area (Å²) in [5.41, 5.74) is 12.0. The first-order valence-corrected chi connectivity index (χ1v) is 20.4. The molecule has 0 unspecified atom stereocenters. The van der Waals surface area contributed by atoms with E-state index in [2.05, 4.69) is 176 Å². The molecule has 0 fully saturated rings. The molecule has 0 saturated carbocycles. The second-order valence-electron chi connectivity index (χ2n) is 14.1. The molecular weight excluding hydrogens is 717 g/mol. The highest BCUT2D eigenvalue weighted by Crippen LogP contribution is 2.43. The standard InChI is InChI=1S/C52H32N2S2/c1-3-13-33(14-4-1)37-29-38(41-20-11-21-43-42-17-7-9-22-47(42)56-51(41)43)31-39(30-37)46-32-45(53-52(54-46)36-15-5-2-6-16-36)35-27-25-34(26-28-35)40-19-12-24-49-50(40)44-18-8-10-23-48(44)55-49/h1-32H. The van der Waals surface area contributed by atoms with E-state index in [1.165, 1.54) is 68.2 Å². The molecule has 3 heterocycles. The Bertz CT molecular complexity index is 3230. The predicted molar refractivity (Wildman–Crippen MR) is 240 cm³/mol. The molecule has 11 aromatic rings. The summed E-state index contributed by atoms with van der Waals surface area (Å²) < 4.78 is 5.22. The highest BCUT2D eigenvalue weighted by molar-refractivity contribution is 7.26. The van der Waals surface area contributed by atoms with E-state index in [9.17, 15) is 0 Å². The molecule has 2 nitrogen and oxygen atoms in total. The van der Waals surface area contributed by atoms with E-state index in [0.717, 1.165) is 33.6 Å². The van der Waals surface area contributed by atoms with Crippen LogP contribution in [0.3, 0.4) is 0 Å². The zero-order valence-electron chi connectivity index (χ0n) is 30.2. The van der Waals surface area contributed by atoms with Crippen molar-refractivity contribution >= 4 is 63.0 Å². The van der Waals surface area contributed by atoms with Crippen molar-refractivity contribution < 1.29 is 0 Å². The molecule has 11 rings (SSSR count). The van der Waals surface area contributed by atoms with E-state index >= 15 is 0 Å². The van der Waals surface area contributed by atoms with Crippen LogP contribution in [0.2, 0.25) is 0 Å². The average molecular weight is 749 g/mol. The molecule has 4 heteroatoms. The Morgan fingerprint density at radius 3 is 1.64 bits per heavy atom. The number of benzene rings is 8. The third kappa shape index (κ3) is 5.70. The molecule has 0 atom stereocenters. The Morgan fingerprint density at radius 2 is 0.857 bits per heavy atom. The minimum Gasteiger partial charge on any atom is -0.228 e. The van der Waals surface area contributed by atoms with Crippen LogP contribution in [0.4, 0.5) is 0 Å². The molecule has 0 radical (unpaired) electrons. The van der Waals surface area contributed by atoms with Gasteiger partial charge < -0.3 is 0 Å². The van der Waals surface area contributed by atoms with E-state index in [0.29, 0.717) is 5.82 Å². The molecule has 0 spiro atoms. The lowest BCUT2D eigenvalue weighted by molar-refractivity contribution is 1.18. The van der Waals surface area contributed by atoms with Gasteiger partial charge in [-0.1, -0.05) is 152 Å². The quantitative estimate of drug-likeness (QED) is 0.169. The third-order valence-corrected chi connectivity index (χ3v) is 13.1. The fourth-order valence-electron chi connectivity index (χ4n) is 8.00. The van der Waals surface area contributed by atoms with Crippen molar-refractivity contribution in [3.63, 3.8) is 0 Å². The predicted octanol–water partition coefficient (Wildman–Crippen LogP) is 15.2. The van der Waals surface area contributed by atoms with Gasteiger partial charge in [-0.05, 0) is 75.8 Å². The molecule has 0 amide bonds. The molecule has 0 aliphatic carbocycles. The first-order chi connectivity index (χ1) is 27.7. The van der Waals surface area contributed by atoms with Gasteiger partial charge >= 0.3 is 0 Å². The zero-order valence-corrected chi connectivity index (χ0v) is 31.8. The van der Waals surface area contributed by atoms with Gasteiger partial charge in [-0.2, -0.15) is 0 Å². The molecule has 3 aromatic heterocycles. The second kappa shape index (κ2) is 13.5. The fraction of sp³-hybridized carbons (Fsp3) is 0. The van der Waals surface area contributed by atoms with Crippen LogP contribution in [-0.4, -0.2) is 9.97 Å². The Morgan fingerprint density at radius 1 is 0.304 bits per heavy atom. The summed E-state index contributed by atoms with van der Waals surface area (Å²) in [5.74, 6) is 0.704. The molecule has 0 N–H and O–H groups in total. The van der Waals surface area contributed by atoms with E-state index in [1.54, 1.807) is 0 Å². The molecule has 0 aliphatic rings. The number of hydrogen-bond acceptors (Lipinski definition) is 4. The van der Waals surface area contributed by atoms with Gasteiger partial charge in [0, 0.05) is 57.0 Å². The van der Waals surface area contributed by atoms with Gasteiger partial charge in [-0.25, -0.2) is 9.97 Å². The molecular formula is C52H32N2S2. The normalized spacial score (nSPS) is 11.6. The lowest BCUT2D eigenvalue weighted by Gasteiger charge is -2.14. The summed E-state index contributed by atoms with van der Waals surface area (Å²) in [6, 6.07) is 69.7. The van der Waals surface area contributed by atoms with Gasteiger partial charge in [0.15, 0.2) is 5.82 Å². The van der Waals surface area contributed by atoms with Crippen LogP contribution in [0.1, 0.15) is 0 Å². The molecule has 0 aliphatic heterocycles. The van der Waals surface area contributed by atoms with E-state index in [4.69, 9.17) is 9.97 Å². The molecule has 262 valence electrons. The van der Waals surface area contributed by atoms with Crippen LogP contribution in [0.5, 0.6) is 0 Å². The van der Waals surface area contributed by atoms with Crippen molar-refractivity contribution in [1.82, 2.24) is 9.97 Å². The van der Waals surface area contributed by atoms with Crippen molar-refractivity contribution in [2.75, 3.05) is 0 Å². The minimum atomic E-state index is 0.704. The van der Waals surface area contributed by atoms with Crippen molar-refractivity contribution in [3.05, 3.63) is 194 Å². The summed E-state index contributed by atoms with van der Waals surface area (Å²) in [5, 5.41) is 5.21. The number of nitrogens with zero attached hydrogens (tertiary/aromatic N) is 2. The van der Waals surface area contributed by atoms with Crippen LogP contribution in [0, 0.1) is 0 Å². The summed E-state index contributed by atoms with van der Waals surface area (Å²) >= 11 is 3.71. The van der Waals surface area contributed by atoms with Gasteiger partial charge in [0.05, 0.1) is 11.4 Å². The highest BCUT2D eigenvalue weighted by atomic mass is 32.1. The molecule has 0 saturated heterocycles. The summed E-state index contributed by atoms with van der Waals surface area (Å²) in [7, 11) is 0. The van der Waals surface area contributed by atoms with Crippen LogP contribution in [-0.2, 0) is 0 Å². The maximum absolute atomic E-state index is 5.28. The Hall–Kier alpha value is -6.72. The number of thiophene rings is 2. The average Bonchev–Trinajstić information content (AvgIpc) is 3.86. The minimum absolute atomic E-state index is 0.704. The second-order valence-corrected chi connectivity index (χ2v) is 16.3. The number of aromatic nitrogens is 2. The first kappa shape index (κ1) is 32.7. The largest absolute Gasteiger partial charge is 0.228 e. The lowest BCUT2D eigenvalue weighted by atomic mass is 9.93. The SMILES string of the molecule is c1ccc(-c2cc(-c3cc(-c4ccc(-c5cccc6sc7ccccc7c56)cc4)nc(-c4ccccc4)n3)cc(-c3cccc4c3sc3ccccc34)c2)cc1. The van der Waals surface area contributed by atoms with Crippen molar-refractivity contribution in [3.8, 4) is 67.3 Å². The van der Waals surface area contributed by atoms with Crippen LogP contribution >= 0.6 is 22.7 Å². The van der Waals surface area contributed by atoms with E-state index in [1.807, 2.05) is 40.9 Å². The fourth-order valence-corrected chi connectivity index (χ4v) is 10.4. The third-order valence-electron chi connectivity index (χ3n) is 10.7. The highest BCUT2D eigenvalue weighted by Gasteiger charge is 2.17. The van der Waals surface area contributed by atoms with Crippen LogP contribution in [0.15, 0.2) is 194 Å². The van der Waals surface area contributed by atoms with Crippen molar-refractivity contribution in [2.45, 2.75) is 0 Å². The number of fused-ring (bicyclic) bond motifs is 6. The van der Waals surface area contributed by atoms with Gasteiger partial charge in [-0.15, -0.1) is 22.7 Å². The van der Waals surface area contributed by atoms with Crippen LogP contribution < -0.4 is 0 Å². The summed E-state index contributed by atoms with van der Waals surface area (Å²) in [6.45, 7) is 0. The topological polar surface area (TPSA) is 25.8 Å². The Balaban J connectivity index is 1.08. The zero-order chi connectivity index (χ0) is 37.0. The van der Waals surface area contributed by atoms with Gasteiger partial charge in [0.1, 0.15) is 0 Å². The van der Waals surface area contributed by atoms with Gasteiger partial charge in [-0.3, -0.25) is 0 Å². The summed E-state index contributed by atoms with van der Waals surface area (Å²) in [6.07, 6.45) is 0. The number of rotatable bonds is 6. The van der Waals surface area contributed by atoms with Crippen LogP contribution in [0.25, 0.3) is 108 Å². The first-order valence-electron chi connectivity index (χ1n) is 18.8. The number of hydrogen-bond donors (Lipinski definition) is 0. The lowest BCUT2D eigenvalue weighted by Crippen LogP contribution is -1.96. The Kier molecular flexibility index (Phi) is 7.90. The van der Waals surface area contributed by atoms with Gasteiger partial charge in [0.25, 0.3) is 0 Å². The Labute approximate surface area is 332 Å². The molecule has 0 bridgehead atoms. The molecule has 8 aromatic carbocycles. The maximum atomic E-state index is 5.28. The van der Waals surface area contributed by atoms with E-state index in [-0.39, 0.29) is 0 Å². The van der Waals surface area contributed by atoms with Crippen molar-refractivity contribution in [2.24, 2.45) is 0 Å².